The molecule has 2 heteroatoms. The highest BCUT2D eigenvalue weighted by Gasteiger charge is 2.19. The molecule has 1 aliphatic heterocycles. The molecule has 2 aromatic rings. The second-order valence-corrected chi connectivity index (χ2v) is 5.42. The van der Waals surface area contributed by atoms with Gasteiger partial charge in [0.2, 0.25) is 0 Å². The predicted octanol–water partition coefficient (Wildman–Crippen LogP) is 3.44. The summed E-state index contributed by atoms with van der Waals surface area (Å²) >= 11 is 0. The van der Waals surface area contributed by atoms with Crippen LogP contribution < -0.4 is 5.32 Å². The largest absolute Gasteiger partial charge is 0.345 e. The highest BCUT2D eigenvalue weighted by molar-refractivity contribution is 5.82. The van der Waals surface area contributed by atoms with Crippen molar-refractivity contribution in [2.24, 2.45) is 0 Å². The zero-order valence-electron chi connectivity index (χ0n) is 11.4. The third kappa shape index (κ3) is 1.95. The second-order valence-electron chi connectivity index (χ2n) is 5.42. The van der Waals surface area contributed by atoms with Crippen molar-refractivity contribution in [3.8, 4) is 0 Å². The van der Waals surface area contributed by atoms with E-state index in [9.17, 15) is 0 Å². The molecule has 0 saturated carbocycles. The van der Waals surface area contributed by atoms with Crippen molar-refractivity contribution in [3.05, 3.63) is 35.5 Å². The van der Waals surface area contributed by atoms with Gasteiger partial charge in [-0.3, -0.25) is 0 Å². The van der Waals surface area contributed by atoms with Gasteiger partial charge in [0.15, 0.2) is 0 Å². The molecule has 1 aromatic heterocycles. The number of aromatic nitrogens is 1. The van der Waals surface area contributed by atoms with Gasteiger partial charge in [-0.15, -0.1) is 0 Å². The molecule has 18 heavy (non-hydrogen) atoms. The van der Waals surface area contributed by atoms with Gasteiger partial charge in [0, 0.05) is 35.6 Å². The second kappa shape index (κ2) is 4.77. The van der Waals surface area contributed by atoms with Gasteiger partial charge in [-0.2, -0.15) is 0 Å². The Labute approximate surface area is 109 Å². The van der Waals surface area contributed by atoms with Gasteiger partial charge < -0.3 is 9.88 Å². The zero-order valence-corrected chi connectivity index (χ0v) is 11.4. The molecular weight excluding hydrogens is 220 g/mol. The average molecular weight is 242 g/mol. The molecule has 2 nitrogen and oxygen atoms in total. The van der Waals surface area contributed by atoms with Crippen LogP contribution >= 0.6 is 0 Å². The van der Waals surface area contributed by atoms with Crippen LogP contribution in [0.2, 0.25) is 0 Å². The van der Waals surface area contributed by atoms with Crippen LogP contribution in [-0.2, 0) is 6.54 Å². The van der Waals surface area contributed by atoms with E-state index in [1.165, 1.54) is 41.5 Å². The lowest BCUT2D eigenvalue weighted by Gasteiger charge is -2.24. The maximum Gasteiger partial charge on any atom is 0.0482 e. The van der Waals surface area contributed by atoms with Crippen molar-refractivity contribution in [1.82, 2.24) is 9.88 Å². The molecule has 1 N–H and O–H groups in total. The summed E-state index contributed by atoms with van der Waals surface area (Å²) in [7, 11) is 0. The van der Waals surface area contributed by atoms with E-state index in [0.717, 1.165) is 13.1 Å². The molecule has 1 aromatic carbocycles. The lowest BCUT2D eigenvalue weighted by atomic mass is 9.96. The summed E-state index contributed by atoms with van der Waals surface area (Å²) in [5, 5.41) is 4.93. The lowest BCUT2D eigenvalue weighted by Crippen LogP contribution is -2.29. The van der Waals surface area contributed by atoms with Crippen molar-refractivity contribution in [3.63, 3.8) is 0 Å². The standard InChI is InChI=1S/C16H22N2/c1-3-18-15-7-6-12(2)9-14(15)10-16(18)13-5-4-8-17-11-13/h6-7,9-10,13,17H,3-5,8,11H2,1-2H3. The first kappa shape index (κ1) is 11.8. The molecule has 0 spiro atoms. The Morgan fingerprint density at radius 2 is 2.22 bits per heavy atom. The first-order valence-electron chi connectivity index (χ1n) is 7.10. The van der Waals surface area contributed by atoms with Crippen molar-refractivity contribution in [2.75, 3.05) is 13.1 Å². The van der Waals surface area contributed by atoms with E-state index in [2.05, 4.69) is 48.0 Å². The number of hydrogen-bond donors (Lipinski definition) is 1. The highest BCUT2D eigenvalue weighted by Crippen LogP contribution is 2.30. The van der Waals surface area contributed by atoms with Crippen molar-refractivity contribution in [2.45, 2.75) is 39.2 Å². The van der Waals surface area contributed by atoms with Crippen LogP contribution in [0, 0.1) is 6.92 Å². The molecule has 1 aliphatic rings. The van der Waals surface area contributed by atoms with E-state index in [-0.39, 0.29) is 0 Å². The van der Waals surface area contributed by atoms with E-state index in [0.29, 0.717) is 5.92 Å². The summed E-state index contributed by atoms with van der Waals surface area (Å²) in [5.41, 5.74) is 4.26. The van der Waals surface area contributed by atoms with Crippen LogP contribution in [-0.4, -0.2) is 17.7 Å². The molecule has 0 radical (unpaired) electrons. The zero-order chi connectivity index (χ0) is 12.5. The summed E-state index contributed by atoms with van der Waals surface area (Å²) in [5.74, 6) is 0.686. The van der Waals surface area contributed by atoms with Gasteiger partial charge in [-0.05, 0) is 51.4 Å². The molecule has 1 unspecified atom stereocenters. The lowest BCUT2D eigenvalue weighted by molar-refractivity contribution is 0.444. The van der Waals surface area contributed by atoms with Crippen LogP contribution in [0.15, 0.2) is 24.3 Å². The summed E-state index contributed by atoms with van der Waals surface area (Å²) in [6, 6.07) is 9.20. The average Bonchev–Trinajstić information content (AvgIpc) is 2.77. The van der Waals surface area contributed by atoms with E-state index in [4.69, 9.17) is 0 Å². The number of nitrogens with one attached hydrogen (secondary N) is 1. The Morgan fingerprint density at radius 3 is 2.94 bits per heavy atom. The summed E-state index contributed by atoms with van der Waals surface area (Å²) in [6.45, 7) is 7.80. The minimum atomic E-state index is 0.686. The molecular formula is C16H22N2. The van der Waals surface area contributed by atoms with E-state index < -0.39 is 0 Å². The molecule has 0 amide bonds. The number of aryl methyl sites for hydroxylation is 2. The molecule has 3 rings (SSSR count). The summed E-state index contributed by atoms with van der Waals surface area (Å²) in [6.07, 6.45) is 2.62. The maximum atomic E-state index is 3.53. The van der Waals surface area contributed by atoms with Crippen LogP contribution in [0.1, 0.15) is 36.9 Å². The fourth-order valence-electron chi connectivity index (χ4n) is 3.21. The monoisotopic (exact) mass is 242 g/mol. The highest BCUT2D eigenvalue weighted by atomic mass is 15.0. The van der Waals surface area contributed by atoms with Gasteiger partial charge in [0.1, 0.15) is 0 Å². The van der Waals surface area contributed by atoms with Gasteiger partial charge in [-0.25, -0.2) is 0 Å². The quantitative estimate of drug-likeness (QED) is 0.853. The third-order valence-electron chi connectivity index (χ3n) is 4.12. The van der Waals surface area contributed by atoms with Crippen molar-refractivity contribution < 1.29 is 0 Å². The predicted molar refractivity (Wildman–Crippen MR) is 77.2 cm³/mol. The van der Waals surface area contributed by atoms with E-state index in [1.54, 1.807) is 0 Å². The Hall–Kier alpha value is -1.28. The Bertz CT molecular complexity index is 547. The first-order chi connectivity index (χ1) is 8.79. The Balaban J connectivity index is 2.09. The molecule has 1 atom stereocenters. The molecule has 0 aliphatic carbocycles. The fourth-order valence-corrected chi connectivity index (χ4v) is 3.21. The minimum Gasteiger partial charge on any atom is -0.345 e. The van der Waals surface area contributed by atoms with Gasteiger partial charge in [0.05, 0.1) is 0 Å². The minimum absolute atomic E-state index is 0.686. The summed E-state index contributed by atoms with van der Waals surface area (Å²) in [4.78, 5) is 0. The first-order valence-corrected chi connectivity index (χ1v) is 7.10. The molecule has 1 fully saturated rings. The van der Waals surface area contributed by atoms with E-state index >= 15 is 0 Å². The van der Waals surface area contributed by atoms with Crippen LogP contribution in [0.5, 0.6) is 0 Å². The molecule has 2 heterocycles. The van der Waals surface area contributed by atoms with Gasteiger partial charge in [-0.1, -0.05) is 11.6 Å². The normalized spacial score (nSPS) is 20.4. The number of rotatable bonds is 2. The molecule has 0 bridgehead atoms. The van der Waals surface area contributed by atoms with Crippen molar-refractivity contribution in [1.29, 1.82) is 0 Å². The number of nitrogens with zero attached hydrogens (tertiary/aromatic N) is 1. The number of fused-ring (bicyclic) bond motifs is 1. The maximum absolute atomic E-state index is 3.53. The smallest absolute Gasteiger partial charge is 0.0482 e. The number of benzene rings is 1. The Morgan fingerprint density at radius 1 is 1.33 bits per heavy atom. The van der Waals surface area contributed by atoms with Gasteiger partial charge in [0.25, 0.3) is 0 Å². The van der Waals surface area contributed by atoms with Gasteiger partial charge >= 0.3 is 0 Å². The number of piperidine rings is 1. The van der Waals surface area contributed by atoms with Crippen molar-refractivity contribution >= 4 is 10.9 Å². The summed E-state index contributed by atoms with van der Waals surface area (Å²) < 4.78 is 2.49. The topological polar surface area (TPSA) is 17.0 Å². The number of hydrogen-bond acceptors (Lipinski definition) is 1. The fraction of sp³-hybridized carbons (Fsp3) is 0.500. The van der Waals surface area contributed by atoms with Crippen LogP contribution in [0.4, 0.5) is 0 Å². The Kier molecular flexibility index (Phi) is 3.13. The SMILES string of the molecule is CCn1c(C2CCCNC2)cc2cc(C)ccc21. The molecule has 1 saturated heterocycles. The molecule has 96 valence electrons. The van der Waals surface area contributed by atoms with Crippen LogP contribution in [0.25, 0.3) is 10.9 Å². The van der Waals surface area contributed by atoms with E-state index in [1.807, 2.05) is 0 Å². The van der Waals surface area contributed by atoms with Crippen LogP contribution in [0.3, 0.4) is 0 Å². The third-order valence-corrected chi connectivity index (χ3v) is 4.12.